The van der Waals surface area contributed by atoms with Crippen LogP contribution in [0.5, 0.6) is 0 Å². The highest BCUT2D eigenvalue weighted by Gasteiger charge is 2.18. The van der Waals surface area contributed by atoms with Crippen molar-refractivity contribution in [3.8, 4) is 28.3 Å². The van der Waals surface area contributed by atoms with E-state index in [-0.39, 0.29) is 11.7 Å². The van der Waals surface area contributed by atoms with E-state index in [4.69, 9.17) is 15.4 Å². The molecule has 9 nitrogen and oxygen atoms in total. The molecule has 35 heavy (non-hydrogen) atoms. The molecule has 5 rings (SSSR count). The van der Waals surface area contributed by atoms with Crippen molar-refractivity contribution in [3.63, 3.8) is 0 Å². The van der Waals surface area contributed by atoms with Crippen molar-refractivity contribution in [2.24, 2.45) is 0 Å². The zero-order valence-electron chi connectivity index (χ0n) is 19.2. The highest BCUT2D eigenvalue weighted by molar-refractivity contribution is 7.99. The van der Waals surface area contributed by atoms with Gasteiger partial charge in [0, 0.05) is 11.6 Å². The van der Waals surface area contributed by atoms with Crippen molar-refractivity contribution in [1.29, 1.82) is 0 Å². The number of para-hydroxylation sites is 1. The average molecular weight is 486 g/mol. The number of benzene rings is 2. The summed E-state index contributed by atoms with van der Waals surface area (Å²) in [5.74, 6) is 7.78. The number of carbonyl (C=O) groups is 1. The molecular formula is C25H23N7O2S. The minimum atomic E-state index is -0.216. The molecule has 0 atom stereocenters. The number of amides is 1. The van der Waals surface area contributed by atoms with Crippen molar-refractivity contribution in [1.82, 2.24) is 24.7 Å². The summed E-state index contributed by atoms with van der Waals surface area (Å²) in [6.45, 7) is 3.86. The van der Waals surface area contributed by atoms with E-state index in [1.54, 1.807) is 17.0 Å². The van der Waals surface area contributed by atoms with Gasteiger partial charge in [-0.05, 0) is 32.0 Å². The van der Waals surface area contributed by atoms with Crippen LogP contribution in [-0.2, 0) is 4.79 Å². The van der Waals surface area contributed by atoms with Gasteiger partial charge in [-0.2, -0.15) is 5.10 Å². The van der Waals surface area contributed by atoms with Gasteiger partial charge in [0.2, 0.25) is 11.1 Å². The van der Waals surface area contributed by atoms with Gasteiger partial charge in [-0.25, -0.2) is 9.36 Å². The van der Waals surface area contributed by atoms with Crippen molar-refractivity contribution < 1.29 is 9.21 Å². The molecule has 3 aromatic heterocycles. The van der Waals surface area contributed by atoms with Crippen LogP contribution in [0.25, 0.3) is 28.3 Å². The number of nitrogen functional groups attached to an aromatic ring is 1. The Morgan fingerprint density at radius 3 is 2.54 bits per heavy atom. The zero-order valence-corrected chi connectivity index (χ0v) is 20.0. The number of aryl methyl sites for hydroxylation is 2. The number of hydrogen-bond donors (Lipinski definition) is 2. The zero-order chi connectivity index (χ0) is 24.4. The first-order valence-corrected chi connectivity index (χ1v) is 11.9. The lowest BCUT2D eigenvalue weighted by Gasteiger charge is -2.08. The van der Waals surface area contributed by atoms with Crippen LogP contribution < -0.4 is 11.2 Å². The minimum Gasteiger partial charge on any atom is -0.469 e. The number of thioether (sulfide) groups is 1. The molecule has 0 saturated heterocycles. The largest absolute Gasteiger partial charge is 0.469 e. The van der Waals surface area contributed by atoms with E-state index < -0.39 is 0 Å². The molecule has 2 aromatic carbocycles. The standard InChI is InChI=1S/C25H23N7O2S/c1-16-8-10-18(11-9-16)21-14-22(32(30-21)19-6-4-3-5-7-19)27-23(33)15-35-25-29-28-24(31(25)26)20-12-13-34-17(20)2/h3-14H,15,26H2,1-2H3,(H,27,33). The van der Waals surface area contributed by atoms with Gasteiger partial charge in [0.25, 0.3) is 0 Å². The maximum atomic E-state index is 12.9. The summed E-state index contributed by atoms with van der Waals surface area (Å²) in [5, 5.41) is 16.4. The van der Waals surface area contributed by atoms with Gasteiger partial charge in [-0.15, -0.1) is 10.2 Å². The van der Waals surface area contributed by atoms with Crippen LogP contribution in [0.4, 0.5) is 5.82 Å². The van der Waals surface area contributed by atoms with Crippen LogP contribution >= 0.6 is 11.8 Å². The van der Waals surface area contributed by atoms with E-state index in [0.29, 0.717) is 22.6 Å². The molecule has 3 heterocycles. The SMILES string of the molecule is Cc1ccc(-c2cc(NC(=O)CSc3nnc(-c4ccoc4C)n3N)n(-c3ccccc3)n2)cc1. The predicted octanol–water partition coefficient (Wildman–Crippen LogP) is 4.45. The van der Waals surface area contributed by atoms with E-state index in [1.165, 1.54) is 22.0 Å². The van der Waals surface area contributed by atoms with Crippen LogP contribution in [0.3, 0.4) is 0 Å². The van der Waals surface area contributed by atoms with Crippen LogP contribution in [0.1, 0.15) is 11.3 Å². The second kappa shape index (κ2) is 9.51. The molecule has 0 aliphatic rings. The summed E-state index contributed by atoms with van der Waals surface area (Å²) >= 11 is 1.20. The Balaban J connectivity index is 1.35. The molecule has 0 spiro atoms. The van der Waals surface area contributed by atoms with Gasteiger partial charge in [0.05, 0.1) is 29.0 Å². The van der Waals surface area contributed by atoms with Crippen molar-refractivity contribution in [2.45, 2.75) is 19.0 Å². The lowest BCUT2D eigenvalue weighted by Crippen LogP contribution is -2.18. The fourth-order valence-electron chi connectivity index (χ4n) is 3.59. The summed E-state index contributed by atoms with van der Waals surface area (Å²) in [7, 11) is 0. The topological polar surface area (TPSA) is 117 Å². The van der Waals surface area contributed by atoms with E-state index in [0.717, 1.165) is 22.5 Å². The fraction of sp³-hybridized carbons (Fsp3) is 0.120. The summed E-state index contributed by atoms with van der Waals surface area (Å²) in [4.78, 5) is 12.9. The van der Waals surface area contributed by atoms with Crippen LogP contribution in [0, 0.1) is 13.8 Å². The molecule has 0 fully saturated rings. The van der Waals surface area contributed by atoms with Gasteiger partial charge in [-0.1, -0.05) is 59.8 Å². The van der Waals surface area contributed by atoms with Gasteiger partial charge in [-0.3, -0.25) is 4.79 Å². The van der Waals surface area contributed by atoms with Crippen LogP contribution in [-0.4, -0.2) is 36.3 Å². The number of furan rings is 1. The van der Waals surface area contributed by atoms with Crippen LogP contribution in [0.15, 0.2) is 82.6 Å². The maximum absolute atomic E-state index is 12.9. The highest BCUT2D eigenvalue weighted by Crippen LogP contribution is 2.27. The third-order valence-corrected chi connectivity index (χ3v) is 6.36. The van der Waals surface area contributed by atoms with Gasteiger partial charge < -0.3 is 15.6 Å². The molecular weight excluding hydrogens is 462 g/mol. The average Bonchev–Trinajstić information content (AvgIpc) is 3.57. The number of anilines is 1. The highest BCUT2D eigenvalue weighted by atomic mass is 32.2. The Labute approximate surface area is 205 Å². The third-order valence-electron chi connectivity index (χ3n) is 5.42. The Morgan fingerprint density at radius 1 is 1.06 bits per heavy atom. The molecule has 176 valence electrons. The molecule has 0 unspecified atom stereocenters. The normalized spacial score (nSPS) is 11.0. The lowest BCUT2D eigenvalue weighted by molar-refractivity contribution is -0.113. The number of nitrogens with two attached hydrogens (primary N) is 1. The first-order chi connectivity index (χ1) is 17.0. The van der Waals surface area contributed by atoms with E-state index >= 15 is 0 Å². The molecule has 0 saturated carbocycles. The maximum Gasteiger partial charge on any atom is 0.236 e. The fourth-order valence-corrected chi connectivity index (χ4v) is 4.24. The molecule has 3 N–H and O–H groups in total. The Kier molecular flexibility index (Phi) is 6.11. The second-order valence-electron chi connectivity index (χ2n) is 7.93. The first kappa shape index (κ1) is 22.5. The van der Waals surface area contributed by atoms with Crippen molar-refractivity contribution >= 4 is 23.5 Å². The van der Waals surface area contributed by atoms with E-state index in [1.807, 2.05) is 74.5 Å². The van der Waals surface area contributed by atoms with Gasteiger partial charge >= 0.3 is 0 Å². The monoisotopic (exact) mass is 485 g/mol. The number of aromatic nitrogens is 5. The summed E-state index contributed by atoms with van der Waals surface area (Å²) in [5.41, 5.74) is 4.50. The number of hydrogen-bond acceptors (Lipinski definition) is 7. The van der Waals surface area contributed by atoms with Gasteiger partial charge in [0.1, 0.15) is 11.6 Å². The van der Waals surface area contributed by atoms with E-state index in [2.05, 4.69) is 15.5 Å². The molecule has 0 radical (unpaired) electrons. The summed E-state index contributed by atoms with van der Waals surface area (Å²) in [6, 6.07) is 21.4. The first-order valence-electron chi connectivity index (χ1n) is 10.9. The minimum absolute atomic E-state index is 0.0968. The summed E-state index contributed by atoms with van der Waals surface area (Å²) in [6.07, 6.45) is 1.57. The van der Waals surface area contributed by atoms with Crippen LogP contribution in [0.2, 0.25) is 0 Å². The summed E-state index contributed by atoms with van der Waals surface area (Å²) < 4.78 is 8.41. The Bertz CT molecular complexity index is 1470. The number of nitrogens with zero attached hydrogens (tertiary/aromatic N) is 5. The Morgan fingerprint density at radius 2 is 1.83 bits per heavy atom. The molecule has 10 heteroatoms. The molecule has 0 aliphatic heterocycles. The third kappa shape index (κ3) is 4.69. The Hall–Kier alpha value is -4.31. The quantitative estimate of drug-likeness (QED) is 0.258. The predicted molar refractivity (Wildman–Crippen MR) is 136 cm³/mol. The lowest BCUT2D eigenvalue weighted by atomic mass is 10.1. The van der Waals surface area contributed by atoms with Crippen molar-refractivity contribution in [2.75, 3.05) is 16.9 Å². The second-order valence-corrected chi connectivity index (χ2v) is 8.87. The van der Waals surface area contributed by atoms with E-state index in [9.17, 15) is 4.79 Å². The number of nitrogens with one attached hydrogen (secondary N) is 1. The molecule has 1 amide bonds. The number of carbonyl (C=O) groups excluding carboxylic acids is 1. The molecule has 5 aromatic rings. The number of rotatable bonds is 7. The molecule has 0 bridgehead atoms. The van der Waals surface area contributed by atoms with Gasteiger partial charge in [0.15, 0.2) is 5.82 Å². The van der Waals surface area contributed by atoms with Crippen molar-refractivity contribution in [3.05, 3.63) is 84.3 Å². The smallest absolute Gasteiger partial charge is 0.236 e. The molecule has 0 aliphatic carbocycles.